The number of amides is 3. The summed E-state index contributed by atoms with van der Waals surface area (Å²) in [5.74, 6) is 0.100. The van der Waals surface area contributed by atoms with Gasteiger partial charge in [0.25, 0.3) is 5.91 Å². The second-order valence-corrected chi connectivity index (χ2v) is 13.2. The summed E-state index contributed by atoms with van der Waals surface area (Å²) < 4.78 is 10.7. The molecule has 2 unspecified atom stereocenters. The van der Waals surface area contributed by atoms with E-state index in [4.69, 9.17) is 32.7 Å². The Labute approximate surface area is 292 Å². The molecule has 4 aromatic rings. The highest BCUT2D eigenvalue weighted by atomic mass is 35.5. The van der Waals surface area contributed by atoms with Crippen molar-refractivity contribution in [2.75, 3.05) is 25.5 Å². The minimum absolute atomic E-state index is 0.0188. The molecule has 0 aromatic heterocycles. The summed E-state index contributed by atoms with van der Waals surface area (Å²) in [6.45, 7) is 10.0. The first-order chi connectivity index (χ1) is 22.9. The van der Waals surface area contributed by atoms with Crippen LogP contribution in [0.15, 0.2) is 78.9 Å². The van der Waals surface area contributed by atoms with E-state index in [9.17, 15) is 14.4 Å². The minimum Gasteiger partial charge on any atom is -0.497 e. The van der Waals surface area contributed by atoms with Crippen LogP contribution in [0.4, 0.5) is 10.5 Å². The zero-order chi connectivity index (χ0) is 35.0. The first-order valence-corrected chi connectivity index (χ1v) is 16.9. The Morgan fingerprint density at radius 3 is 2.15 bits per heavy atom. The van der Waals surface area contributed by atoms with E-state index in [1.165, 1.54) is 0 Å². The molecular weight excluding hydrogens is 649 g/mol. The molecule has 3 amide bonds. The molecule has 254 valence electrons. The molecule has 10 heteroatoms. The number of fused-ring (bicyclic) bond motifs is 1. The maximum atomic E-state index is 13.8. The number of esters is 1. The molecule has 48 heavy (non-hydrogen) atoms. The number of urea groups is 1. The Kier molecular flexibility index (Phi) is 12.4. The average molecular weight is 693 g/mol. The van der Waals surface area contributed by atoms with Gasteiger partial charge in [0.15, 0.2) is 0 Å². The topological polar surface area (TPSA) is 97.0 Å². The van der Waals surface area contributed by atoms with Crippen molar-refractivity contribution in [3.05, 3.63) is 106 Å². The largest absolute Gasteiger partial charge is 0.497 e. The Bertz CT molecular complexity index is 1730. The fraction of sp³-hybridized carbons (Fsp3) is 0.342. The second kappa shape index (κ2) is 16.2. The van der Waals surface area contributed by atoms with Crippen LogP contribution in [0.3, 0.4) is 0 Å². The smallest absolute Gasteiger partial charge is 0.322 e. The van der Waals surface area contributed by atoms with Gasteiger partial charge < -0.3 is 25.0 Å². The number of halogens is 2. The predicted molar refractivity (Wildman–Crippen MR) is 193 cm³/mol. The molecule has 1 aliphatic rings. The second-order valence-electron chi connectivity index (χ2n) is 12.4. The minimum atomic E-state index is -0.579. The van der Waals surface area contributed by atoms with Crippen molar-refractivity contribution < 1.29 is 23.9 Å². The molecule has 0 saturated carbocycles. The average Bonchev–Trinajstić information content (AvgIpc) is 3.50. The number of ether oxygens (including phenoxy) is 2. The van der Waals surface area contributed by atoms with Gasteiger partial charge in [-0.15, -0.1) is 0 Å². The lowest BCUT2D eigenvalue weighted by Crippen LogP contribution is -2.35. The summed E-state index contributed by atoms with van der Waals surface area (Å²) in [5.41, 5.74) is 2.37. The number of carbonyl (C=O) groups is 3. The summed E-state index contributed by atoms with van der Waals surface area (Å²) in [5, 5.41) is 8.93. The van der Waals surface area contributed by atoms with Gasteiger partial charge in [0.2, 0.25) is 0 Å². The normalized spacial score (nSPS) is 15.7. The third-order valence-corrected chi connectivity index (χ3v) is 8.24. The van der Waals surface area contributed by atoms with Crippen LogP contribution >= 0.6 is 23.2 Å². The fourth-order valence-electron chi connectivity index (χ4n) is 5.68. The van der Waals surface area contributed by atoms with E-state index < -0.39 is 5.60 Å². The van der Waals surface area contributed by atoms with Crippen LogP contribution < -0.4 is 15.4 Å². The van der Waals surface area contributed by atoms with Gasteiger partial charge in [-0.05, 0) is 110 Å². The first-order valence-electron chi connectivity index (χ1n) is 16.1. The van der Waals surface area contributed by atoms with E-state index in [0.717, 1.165) is 27.6 Å². The van der Waals surface area contributed by atoms with Gasteiger partial charge in [-0.3, -0.25) is 9.59 Å². The molecule has 2 atom stereocenters. The maximum absolute atomic E-state index is 13.8. The van der Waals surface area contributed by atoms with Crippen molar-refractivity contribution in [3.8, 4) is 5.75 Å². The van der Waals surface area contributed by atoms with E-state index >= 15 is 0 Å². The van der Waals surface area contributed by atoms with E-state index in [2.05, 4.69) is 22.8 Å². The molecule has 2 N–H and O–H groups in total. The monoisotopic (exact) mass is 691 g/mol. The quantitative estimate of drug-likeness (QED) is 0.180. The first kappa shape index (κ1) is 36.6. The number of anilines is 1. The highest BCUT2D eigenvalue weighted by Gasteiger charge is 2.37. The van der Waals surface area contributed by atoms with Crippen molar-refractivity contribution in [3.63, 3.8) is 0 Å². The molecule has 0 bridgehead atoms. The molecule has 1 aliphatic heterocycles. The summed E-state index contributed by atoms with van der Waals surface area (Å²) >= 11 is 12.7. The van der Waals surface area contributed by atoms with Gasteiger partial charge in [-0.25, -0.2) is 4.79 Å². The molecule has 1 fully saturated rings. The van der Waals surface area contributed by atoms with Crippen LogP contribution in [0, 0.1) is 0 Å². The number of nitrogens with zero attached hydrogens (tertiary/aromatic N) is 1. The van der Waals surface area contributed by atoms with Crippen molar-refractivity contribution in [1.82, 2.24) is 10.2 Å². The van der Waals surface area contributed by atoms with E-state index in [1.54, 1.807) is 58.2 Å². The molecule has 0 radical (unpaired) electrons. The summed E-state index contributed by atoms with van der Waals surface area (Å²) in [6, 6.07) is 23.8. The number of nitrogens with one attached hydrogen (secondary N) is 2. The lowest BCUT2D eigenvalue weighted by molar-refractivity contribution is -0.154. The molecule has 5 rings (SSSR count). The number of hydrogen-bond acceptors (Lipinski definition) is 5. The van der Waals surface area contributed by atoms with E-state index in [-0.39, 0.29) is 42.8 Å². The standard InChI is InChI=1S/C36H37Cl2N3O5.C2H6/c1-36(2,3)46-33(42)13-14-39-34(43)22-7-10-30(11-8-22)40-35(44)41-21-27(26-16-28(37)20-29(38)17-26)19-32(41)25-6-5-24-18-31(45-4)12-9-23(24)15-25;1-2/h5-12,15-18,20,27,32H,13-14,19,21H2,1-4H3,(H,39,43)(H,40,44);1-2H3. The Morgan fingerprint density at radius 1 is 0.854 bits per heavy atom. The zero-order valence-electron chi connectivity index (χ0n) is 28.2. The van der Waals surface area contributed by atoms with Crippen molar-refractivity contribution in [2.45, 2.75) is 65.0 Å². The van der Waals surface area contributed by atoms with Gasteiger partial charge in [0, 0.05) is 40.3 Å². The van der Waals surface area contributed by atoms with Gasteiger partial charge in [-0.1, -0.05) is 55.2 Å². The van der Waals surface area contributed by atoms with Gasteiger partial charge in [0.1, 0.15) is 11.4 Å². The van der Waals surface area contributed by atoms with E-state index in [0.29, 0.717) is 34.3 Å². The van der Waals surface area contributed by atoms with Crippen molar-refractivity contribution in [2.24, 2.45) is 0 Å². The molecule has 0 aliphatic carbocycles. The Morgan fingerprint density at radius 2 is 1.50 bits per heavy atom. The van der Waals surface area contributed by atoms with Crippen LogP contribution in [-0.4, -0.2) is 48.6 Å². The zero-order valence-corrected chi connectivity index (χ0v) is 29.7. The highest BCUT2D eigenvalue weighted by molar-refractivity contribution is 6.34. The number of likely N-dealkylation sites (tertiary alicyclic amines) is 1. The lowest BCUT2D eigenvalue weighted by Gasteiger charge is -2.25. The third kappa shape index (κ3) is 9.64. The predicted octanol–water partition coefficient (Wildman–Crippen LogP) is 9.41. The summed E-state index contributed by atoms with van der Waals surface area (Å²) in [7, 11) is 1.64. The highest BCUT2D eigenvalue weighted by Crippen LogP contribution is 2.43. The van der Waals surface area contributed by atoms with Crippen molar-refractivity contribution in [1.29, 1.82) is 0 Å². The summed E-state index contributed by atoms with van der Waals surface area (Å²) in [4.78, 5) is 40.2. The van der Waals surface area contributed by atoms with Crippen LogP contribution in [0.25, 0.3) is 10.8 Å². The number of methoxy groups -OCH3 is 1. The van der Waals surface area contributed by atoms with Crippen LogP contribution in [-0.2, 0) is 9.53 Å². The summed E-state index contributed by atoms with van der Waals surface area (Å²) in [6.07, 6.45) is 0.760. The SMILES string of the molecule is CC.COc1ccc2cc(C3CC(c4cc(Cl)cc(Cl)c4)CN3C(=O)Nc3ccc(C(=O)NCCC(=O)OC(C)(C)C)cc3)ccc2c1. The fourth-order valence-corrected chi connectivity index (χ4v) is 6.22. The van der Waals surface area contributed by atoms with Gasteiger partial charge >= 0.3 is 12.0 Å². The number of carbonyl (C=O) groups excluding carboxylic acids is 3. The van der Waals surface area contributed by atoms with Crippen LogP contribution in [0.5, 0.6) is 5.75 Å². The number of hydrogen-bond donors (Lipinski definition) is 2. The Balaban J connectivity index is 0.00000255. The molecule has 0 spiro atoms. The molecule has 4 aromatic carbocycles. The molecule has 8 nitrogen and oxygen atoms in total. The third-order valence-electron chi connectivity index (χ3n) is 7.81. The molecular formula is C38H43Cl2N3O5. The van der Waals surface area contributed by atoms with Gasteiger partial charge in [0.05, 0.1) is 19.6 Å². The Hall–Kier alpha value is -4.27. The van der Waals surface area contributed by atoms with Gasteiger partial charge in [-0.2, -0.15) is 0 Å². The van der Waals surface area contributed by atoms with Crippen LogP contribution in [0.1, 0.15) is 80.9 Å². The van der Waals surface area contributed by atoms with E-state index in [1.807, 2.05) is 55.1 Å². The number of benzene rings is 4. The molecule has 1 saturated heterocycles. The number of rotatable bonds is 8. The molecule has 1 heterocycles. The van der Waals surface area contributed by atoms with Crippen molar-refractivity contribution >= 4 is 57.6 Å². The van der Waals surface area contributed by atoms with Crippen LogP contribution in [0.2, 0.25) is 10.0 Å². The maximum Gasteiger partial charge on any atom is 0.322 e. The lowest BCUT2D eigenvalue weighted by atomic mass is 9.93.